The van der Waals surface area contributed by atoms with Gasteiger partial charge in [0.25, 0.3) is 0 Å². The zero-order valence-corrected chi connectivity index (χ0v) is 15.8. The molecule has 4 rings (SSSR count). The van der Waals surface area contributed by atoms with Gasteiger partial charge in [-0.15, -0.1) is 0 Å². The van der Waals surface area contributed by atoms with Gasteiger partial charge in [0.15, 0.2) is 0 Å². The van der Waals surface area contributed by atoms with Crippen LogP contribution in [0.25, 0.3) is 0 Å². The second-order valence-electron chi connectivity index (χ2n) is 8.65. The molecule has 1 saturated heterocycles. The van der Waals surface area contributed by atoms with E-state index in [1.807, 2.05) is 6.07 Å². The van der Waals surface area contributed by atoms with Crippen LogP contribution in [-0.2, 0) is 11.2 Å². The Morgan fingerprint density at radius 2 is 1.60 bits per heavy atom. The Labute approximate surface area is 152 Å². The molecule has 25 heavy (non-hydrogen) atoms. The van der Waals surface area contributed by atoms with Crippen LogP contribution in [0.2, 0.25) is 0 Å². The largest absolute Gasteiger partial charge is 0.309 e. The number of rotatable bonds is 3. The second kappa shape index (κ2) is 7.11. The highest BCUT2D eigenvalue weighted by Crippen LogP contribution is 2.36. The molecule has 0 radical (unpaired) electrons. The summed E-state index contributed by atoms with van der Waals surface area (Å²) in [4.78, 5) is 17.4. The van der Waals surface area contributed by atoms with Crippen LogP contribution in [0.4, 0.5) is 5.69 Å². The maximum atomic E-state index is 12.5. The lowest BCUT2D eigenvalue weighted by Gasteiger charge is -2.43. The number of nitrogens with zero attached hydrogens (tertiary/aromatic N) is 2. The summed E-state index contributed by atoms with van der Waals surface area (Å²) in [6, 6.07) is 9.53. The van der Waals surface area contributed by atoms with Crippen molar-refractivity contribution in [3.63, 3.8) is 0 Å². The highest BCUT2D eigenvalue weighted by Gasteiger charge is 2.36. The fraction of sp³-hybridized carbons (Fsp3) is 0.682. The SMILES string of the molecule is CC(C)C1CCC(N2CCC(N3C(=O)Cc4ccccc43)CC2)CC1. The average Bonchev–Trinajstić information content (AvgIpc) is 2.97. The third-order valence-corrected chi connectivity index (χ3v) is 6.93. The first-order valence-electron chi connectivity index (χ1n) is 10.3. The molecule has 1 amide bonds. The van der Waals surface area contributed by atoms with Gasteiger partial charge in [-0.3, -0.25) is 4.79 Å². The fourth-order valence-corrected chi connectivity index (χ4v) is 5.32. The predicted octanol–water partition coefficient (Wildman–Crippen LogP) is 4.25. The summed E-state index contributed by atoms with van der Waals surface area (Å²) in [5, 5.41) is 0. The van der Waals surface area contributed by atoms with Gasteiger partial charge in [0.2, 0.25) is 5.91 Å². The maximum Gasteiger partial charge on any atom is 0.231 e. The minimum atomic E-state index is 0.303. The van der Waals surface area contributed by atoms with Crippen LogP contribution in [0.3, 0.4) is 0 Å². The number of anilines is 1. The molecule has 0 spiro atoms. The van der Waals surface area contributed by atoms with Crippen molar-refractivity contribution in [3.05, 3.63) is 29.8 Å². The van der Waals surface area contributed by atoms with E-state index >= 15 is 0 Å². The molecular formula is C22H32N2O. The Balaban J connectivity index is 1.34. The molecule has 2 heterocycles. The number of carbonyl (C=O) groups excluding carboxylic acids is 1. The lowest BCUT2D eigenvalue weighted by molar-refractivity contribution is -0.118. The van der Waals surface area contributed by atoms with Crippen LogP contribution in [0.1, 0.15) is 57.9 Å². The van der Waals surface area contributed by atoms with Crippen LogP contribution in [0.15, 0.2) is 24.3 Å². The lowest BCUT2D eigenvalue weighted by Crippen LogP contribution is -2.50. The Hall–Kier alpha value is -1.35. The minimum Gasteiger partial charge on any atom is -0.309 e. The van der Waals surface area contributed by atoms with Gasteiger partial charge in [-0.25, -0.2) is 0 Å². The van der Waals surface area contributed by atoms with E-state index in [2.05, 4.69) is 41.8 Å². The van der Waals surface area contributed by atoms with Crippen LogP contribution in [0, 0.1) is 11.8 Å². The molecule has 0 bridgehead atoms. The number of para-hydroxylation sites is 1. The summed E-state index contributed by atoms with van der Waals surface area (Å²) < 4.78 is 0. The second-order valence-corrected chi connectivity index (χ2v) is 8.65. The van der Waals surface area contributed by atoms with Gasteiger partial charge in [-0.2, -0.15) is 0 Å². The van der Waals surface area contributed by atoms with Crippen molar-refractivity contribution in [1.82, 2.24) is 4.90 Å². The van der Waals surface area contributed by atoms with Gasteiger partial charge in [0.1, 0.15) is 0 Å². The van der Waals surface area contributed by atoms with Crippen molar-refractivity contribution < 1.29 is 4.79 Å². The van der Waals surface area contributed by atoms with Crippen LogP contribution in [0.5, 0.6) is 0 Å². The van der Waals surface area contributed by atoms with Gasteiger partial charge in [0, 0.05) is 30.9 Å². The summed E-state index contributed by atoms with van der Waals surface area (Å²) in [5.41, 5.74) is 2.38. The number of likely N-dealkylation sites (tertiary alicyclic amines) is 1. The normalized spacial score (nSPS) is 28.6. The van der Waals surface area contributed by atoms with Gasteiger partial charge < -0.3 is 9.80 Å². The van der Waals surface area contributed by atoms with Crippen molar-refractivity contribution in [1.29, 1.82) is 0 Å². The average molecular weight is 341 g/mol. The zero-order chi connectivity index (χ0) is 17.4. The molecule has 1 aromatic carbocycles. The maximum absolute atomic E-state index is 12.5. The molecule has 0 N–H and O–H groups in total. The first kappa shape index (κ1) is 17.1. The van der Waals surface area contributed by atoms with E-state index < -0.39 is 0 Å². The van der Waals surface area contributed by atoms with E-state index in [4.69, 9.17) is 0 Å². The van der Waals surface area contributed by atoms with Crippen LogP contribution in [-0.4, -0.2) is 36.0 Å². The highest BCUT2D eigenvalue weighted by molar-refractivity contribution is 6.01. The van der Waals surface area contributed by atoms with E-state index in [1.165, 1.54) is 36.9 Å². The van der Waals surface area contributed by atoms with Gasteiger partial charge in [0.05, 0.1) is 6.42 Å². The first-order valence-corrected chi connectivity index (χ1v) is 10.3. The minimum absolute atomic E-state index is 0.303. The number of carbonyl (C=O) groups is 1. The van der Waals surface area contributed by atoms with Crippen molar-refractivity contribution in [2.75, 3.05) is 18.0 Å². The highest BCUT2D eigenvalue weighted by atomic mass is 16.2. The molecular weight excluding hydrogens is 308 g/mol. The summed E-state index contributed by atoms with van der Waals surface area (Å²) in [7, 11) is 0. The molecule has 3 heteroatoms. The predicted molar refractivity (Wildman–Crippen MR) is 103 cm³/mol. The third-order valence-electron chi connectivity index (χ3n) is 6.93. The van der Waals surface area contributed by atoms with Gasteiger partial charge in [-0.1, -0.05) is 32.0 Å². The number of amides is 1. The first-order chi connectivity index (χ1) is 12.1. The third kappa shape index (κ3) is 3.36. The van der Waals surface area contributed by atoms with E-state index in [0.29, 0.717) is 18.4 Å². The smallest absolute Gasteiger partial charge is 0.231 e. The molecule has 0 unspecified atom stereocenters. The Bertz CT molecular complexity index is 610. The topological polar surface area (TPSA) is 23.6 Å². The summed E-state index contributed by atoms with van der Waals surface area (Å²) in [5.74, 6) is 2.08. The number of hydrogen-bond acceptors (Lipinski definition) is 2. The number of fused-ring (bicyclic) bond motifs is 1. The standard InChI is InChI=1S/C22H32N2O/c1-16(2)17-7-9-19(10-8-17)23-13-11-20(12-14-23)24-21-6-4-3-5-18(21)15-22(24)25/h3-6,16-17,19-20H,7-15H2,1-2H3. The summed E-state index contributed by atoms with van der Waals surface area (Å²) >= 11 is 0. The van der Waals surface area contributed by atoms with Crippen molar-refractivity contribution >= 4 is 11.6 Å². The molecule has 1 saturated carbocycles. The number of piperidine rings is 1. The molecule has 1 aromatic rings. The van der Waals surface area contributed by atoms with E-state index in [0.717, 1.165) is 43.8 Å². The van der Waals surface area contributed by atoms with E-state index in [9.17, 15) is 4.79 Å². The zero-order valence-electron chi connectivity index (χ0n) is 15.8. The van der Waals surface area contributed by atoms with Crippen molar-refractivity contribution in [2.24, 2.45) is 11.8 Å². The molecule has 2 aliphatic heterocycles. The molecule has 0 aromatic heterocycles. The molecule has 2 fully saturated rings. The lowest BCUT2D eigenvalue weighted by atomic mass is 9.79. The van der Waals surface area contributed by atoms with Crippen LogP contribution < -0.4 is 4.90 Å². The molecule has 3 nitrogen and oxygen atoms in total. The quantitative estimate of drug-likeness (QED) is 0.821. The number of hydrogen-bond donors (Lipinski definition) is 0. The Morgan fingerprint density at radius 1 is 0.920 bits per heavy atom. The summed E-state index contributed by atoms with van der Waals surface area (Å²) in [6.45, 7) is 7.07. The molecule has 3 aliphatic rings. The van der Waals surface area contributed by atoms with Gasteiger partial charge >= 0.3 is 0 Å². The van der Waals surface area contributed by atoms with Crippen molar-refractivity contribution in [2.45, 2.75) is 70.9 Å². The van der Waals surface area contributed by atoms with E-state index in [1.54, 1.807) is 0 Å². The number of benzene rings is 1. The summed E-state index contributed by atoms with van der Waals surface area (Å²) in [6.07, 6.45) is 8.41. The molecule has 136 valence electrons. The monoisotopic (exact) mass is 340 g/mol. The Morgan fingerprint density at radius 3 is 2.28 bits per heavy atom. The molecule has 1 aliphatic carbocycles. The van der Waals surface area contributed by atoms with Crippen molar-refractivity contribution in [3.8, 4) is 0 Å². The fourth-order valence-electron chi connectivity index (χ4n) is 5.32. The van der Waals surface area contributed by atoms with E-state index in [-0.39, 0.29) is 0 Å². The molecule has 0 atom stereocenters. The van der Waals surface area contributed by atoms with Gasteiger partial charge in [-0.05, 0) is 62.0 Å². The van der Waals surface area contributed by atoms with Crippen LogP contribution >= 0.6 is 0 Å². The Kier molecular flexibility index (Phi) is 4.86.